The van der Waals surface area contributed by atoms with Crippen molar-refractivity contribution in [2.24, 2.45) is 7.05 Å². The number of aromatic nitrogens is 3. The highest BCUT2D eigenvalue weighted by molar-refractivity contribution is 5.74. The van der Waals surface area contributed by atoms with Crippen LogP contribution in [-0.4, -0.2) is 27.6 Å². The molecule has 0 aromatic carbocycles. The van der Waals surface area contributed by atoms with Gasteiger partial charge in [0.1, 0.15) is 11.3 Å². The van der Waals surface area contributed by atoms with Crippen molar-refractivity contribution in [2.45, 2.75) is 25.2 Å². The molecule has 1 aliphatic heterocycles. The molecule has 17 heavy (non-hydrogen) atoms. The largest absolute Gasteiger partial charge is 0.331 e. The molecule has 1 fully saturated rings. The molecule has 1 aliphatic rings. The summed E-state index contributed by atoms with van der Waals surface area (Å²) in [6, 6.07) is 2.03. The fourth-order valence-electron chi connectivity index (χ4n) is 2.84. The highest BCUT2D eigenvalue weighted by Gasteiger charge is 2.33. The summed E-state index contributed by atoms with van der Waals surface area (Å²) in [5.41, 5.74) is 2.31. The molecule has 3 heterocycles. The van der Waals surface area contributed by atoms with Crippen LogP contribution in [0.2, 0.25) is 0 Å². The van der Waals surface area contributed by atoms with Crippen molar-refractivity contribution in [2.75, 3.05) is 13.1 Å². The Hall–Kier alpha value is -1.42. The van der Waals surface area contributed by atoms with Gasteiger partial charge in [0.05, 0.1) is 11.7 Å². The minimum absolute atomic E-state index is 0.145. The lowest BCUT2D eigenvalue weighted by molar-refractivity contribution is 0.318. The van der Waals surface area contributed by atoms with Crippen LogP contribution in [0.1, 0.15) is 25.6 Å². The number of pyridine rings is 1. The quantitative estimate of drug-likeness (QED) is 0.809. The fourth-order valence-corrected chi connectivity index (χ4v) is 2.84. The molecule has 3 rings (SSSR count). The van der Waals surface area contributed by atoms with Crippen LogP contribution >= 0.6 is 0 Å². The maximum atomic E-state index is 4.77. The van der Waals surface area contributed by atoms with Gasteiger partial charge in [0, 0.05) is 25.2 Å². The minimum Gasteiger partial charge on any atom is -0.331 e. The van der Waals surface area contributed by atoms with Gasteiger partial charge in [0.2, 0.25) is 0 Å². The predicted molar refractivity (Wildman–Crippen MR) is 68.0 cm³/mol. The standard InChI is InChI=1S/C13H18N4/c1-13(5-3-6-15-9-13)12-16-10-8-14-7-4-11(10)17(12)2/h4,7-8,15H,3,5-6,9H2,1-2H3. The van der Waals surface area contributed by atoms with Crippen LogP contribution in [0.4, 0.5) is 0 Å². The van der Waals surface area contributed by atoms with Crippen LogP contribution in [0.25, 0.3) is 11.0 Å². The molecule has 1 atom stereocenters. The van der Waals surface area contributed by atoms with E-state index < -0.39 is 0 Å². The maximum Gasteiger partial charge on any atom is 0.116 e. The first-order valence-corrected chi connectivity index (χ1v) is 6.18. The molecule has 0 amide bonds. The molecule has 0 spiro atoms. The van der Waals surface area contributed by atoms with Gasteiger partial charge in [-0.05, 0) is 25.5 Å². The molecule has 0 saturated carbocycles. The van der Waals surface area contributed by atoms with Crippen molar-refractivity contribution < 1.29 is 0 Å². The van der Waals surface area contributed by atoms with E-state index in [1.807, 2.05) is 18.5 Å². The first kappa shape index (κ1) is 10.7. The average Bonchev–Trinajstić information content (AvgIpc) is 2.69. The van der Waals surface area contributed by atoms with E-state index >= 15 is 0 Å². The van der Waals surface area contributed by atoms with Gasteiger partial charge in [0.15, 0.2) is 0 Å². The molecule has 1 saturated heterocycles. The van der Waals surface area contributed by atoms with Crippen LogP contribution in [0.5, 0.6) is 0 Å². The third kappa shape index (κ3) is 1.63. The van der Waals surface area contributed by atoms with Crippen molar-refractivity contribution in [3.63, 3.8) is 0 Å². The van der Waals surface area contributed by atoms with Gasteiger partial charge < -0.3 is 9.88 Å². The number of piperidine rings is 1. The number of nitrogens with zero attached hydrogens (tertiary/aromatic N) is 3. The molecule has 2 aromatic heterocycles. The number of nitrogens with one attached hydrogen (secondary N) is 1. The third-order valence-corrected chi connectivity index (χ3v) is 3.82. The Bertz CT molecular complexity index is 537. The number of imidazole rings is 1. The maximum absolute atomic E-state index is 4.77. The fraction of sp³-hybridized carbons (Fsp3) is 0.538. The molecule has 0 bridgehead atoms. The second-order valence-corrected chi connectivity index (χ2v) is 5.20. The Balaban J connectivity index is 2.13. The van der Waals surface area contributed by atoms with E-state index in [9.17, 15) is 0 Å². The van der Waals surface area contributed by atoms with Crippen molar-refractivity contribution >= 4 is 11.0 Å². The second kappa shape index (κ2) is 3.81. The average molecular weight is 230 g/mol. The number of fused-ring (bicyclic) bond motifs is 1. The van der Waals surface area contributed by atoms with E-state index in [-0.39, 0.29) is 5.41 Å². The molecule has 1 unspecified atom stereocenters. The molecule has 2 aromatic rings. The Labute approximate surface area is 101 Å². The monoisotopic (exact) mass is 230 g/mol. The zero-order chi connectivity index (χ0) is 11.9. The first-order chi connectivity index (χ1) is 8.21. The number of hydrogen-bond donors (Lipinski definition) is 1. The lowest BCUT2D eigenvalue weighted by Crippen LogP contribution is -2.42. The minimum atomic E-state index is 0.145. The molecule has 1 N–H and O–H groups in total. The van der Waals surface area contributed by atoms with E-state index in [1.54, 1.807) is 0 Å². The van der Waals surface area contributed by atoms with Gasteiger partial charge in [-0.2, -0.15) is 0 Å². The van der Waals surface area contributed by atoms with Crippen molar-refractivity contribution in [3.05, 3.63) is 24.3 Å². The van der Waals surface area contributed by atoms with Crippen LogP contribution in [0.3, 0.4) is 0 Å². The molecular formula is C13H18N4. The predicted octanol–water partition coefficient (Wildman–Crippen LogP) is 1.61. The summed E-state index contributed by atoms with van der Waals surface area (Å²) >= 11 is 0. The highest BCUT2D eigenvalue weighted by atomic mass is 15.1. The highest BCUT2D eigenvalue weighted by Crippen LogP contribution is 2.31. The summed E-state index contributed by atoms with van der Waals surface area (Å²) in [6.45, 7) is 4.44. The Morgan fingerprint density at radius 3 is 3.06 bits per heavy atom. The molecule has 4 heteroatoms. The second-order valence-electron chi connectivity index (χ2n) is 5.20. The van der Waals surface area contributed by atoms with E-state index in [1.165, 1.54) is 24.2 Å². The van der Waals surface area contributed by atoms with E-state index in [0.717, 1.165) is 18.6 Å². The number of rotatable bonds is 1. The summed E-state index contributed by atoms with van der Waals surface area (Å²) in [6.07, 6.45) is 6.09. The van der Waals surface area contributed by atoms with Crippen LogP contribution < -0.4 is 5.32 Å². The van der Waals surface area contributed by atoms with E-state index in [4.69, 9.17) is 4.98 Å². The van der Waals surface area contributed by atoms with Crippen LogP contribution in [-0.2, 0) is 12.5 Å². The van der Waals surface area contributed by atoms with Crippen molar-refractivity contribution in [3.8, 4) is 0 Å². The van der Waals surface area contributed by atoms with Gasteiger partial charge in [-0.1, -0.05) is 6.92 Å². The normalized spacial score (nSPS) is 25.3. The summed E-state index contributed by atoms with van der Waals surface area (Å²) in [4.78, 5) is 8.91. The van der Waals surface area contributed by atoms with Crippen LogP contribution in [0.15, 0.2) is 18.5 Å². The number of aryl methyl sites for hydroxylation is 1. The Morgan fingerprint density at radius 1 is 1.47 bits per heavy atom. The Kier molecular flexibility index (Phi) is 2.40. The van der Waals surface area contributed by atoms with Crippen molar-refractivity contribution in [1.82, 2.24) is 19.9 Å². The smallest absolute Gasteiger partial charge is 0.116 e. The lowest BCUT2D eigenvalue weighted by Gasteiger charge is -2.33. The zero-order valence-corrected chi connectivity index (χ0v) is 10.4. The third-order valence-electron chi connectivity index (χ3n) is 3.82. The molecular weight excluding hydrogens is 212 g/mol. The van der Waals surface area contributed by atoms with Gasteiger partial charge in [0.25, 0.3) is 0 Å². The van der Waals surface area contributed by atoms with Crippen LogP contribution in [0, 0.1) is 0 Å². The topological polar surface area (TPSA) is 42.7 Å². The lowest BCUT2D eigenvalue weighted by atomic mass is 9.82. The number of hydrogen-bond acceptors (Lipinski definition) is 3. The summed E-state index contributed by atoms with van der Waals surface area (Å²) in [7, 11) is 2.10. The SMILES string of the molecule is Cn1c(C2(C)CCCNC2)nc2cnccc21. The van der Waals surface area contributed by atoms with E-state index in [2.05, 4.69) is 28.8 Å². The van der Waals surface area contributed by atoms with Gasteiger partial charge in [-0.15, -0.1) is 0 Å². The zero-order valence-electron chi connectivity index (χ0n) is 10.4. The van der Waals surface area contributed by atoms with Gasteiger partial charge >= 0.3 is 0 Å². The molecule has 90 valence electrons. The van der Waals surface area contributed by atoms with Gasteiger partial charge in [-0.25, -0.2) is 4.98 Å². The van der Waals surface area contributed by atoms with E-state index in [0.29, 0.717) is 0 Å². The van der Waals surface area contributed by atoms with Gasteiger partial charge in [-0.3, -0.25) is 4.98 Å². The molecule has 4 nitrogen and oxygen atoms in total. The van der Waals surface area contributed by atoms with Crippen molar-refractivity contribution in [1.29, 1.82) is 0 Å². The Morgan fingerprint density at radius 2 is 2.35 bits per heavy atom. The molecule has 0 radical (unpaired) electrons. The summed E-state index contributed by atoms with van der Waals surface area (Å²) < 4.78 is 2.21. The molecule has 0 aliphatic carbocycles. The summed E-state index contributed by atoms with van der Waals surface area (Å²) in [5, 5.41) is 3.48. The summed E-state index contributed by atoms with van der Waals surface area (Å²) in [5.74, 6) is 1.17. The first-order valence-electron chi connectivity index (χ1n) is 6.18.